The van der Waals surface area contributed by atoms with Crippen molar-refractivity contribution in [2.75, 3.05) is 24.3 Å². The van der Waals surface area contributed by atoms with Crippen molar-refractivity contribution >= 4 is 17.3 Å². The summed E-state index contributed by atoms with van der Waals surface area (Å²) in [4.78, 5) is 8.07. The number of nitrogens with two attached hydrogens (primary N) is 1. The zero-order chi connectivity index (χ0) is 12.4. The number of anilines is 3. The highest BCUT2D eigenvalue weighted by atomic mass is 16.6. The molecule has 2 heterocycles. The molecule has 0 radical (unpaired) electrons. The maximum Gasteiger partial charge on any atom is 0.173 e. The number of hydrogen-bond donors (Lipinski definition) is 2. The summed E-state index contributed by atoms with van der Waals surface area (Å²) in [6.45, 7) is 1.14. The van der Waals surface area contributed by atoms with Crippen LogP contribution in [-0.2, 0) is 0 Å². The van der Waals surface area contributed by atoms with Crippen LogP contribution >= 0.6 is 0 Å². The van der Waals surface area contributed by atoms with Crippen LogP contribution in [0.5, 0.6) is 11.5 Å². The SMILES string of the molecule is Nc1nccnc1Nc1ccc2c(c1)OCCO2. The van der Waals surface area contributed by atoms with Crippen LogP contribution in [0.2, 0.25) is 0 Å². The van der Waals surface area contributed by atoms with Crippen LogP contribution in [-0.4, -0.2) is 23.2 Å². The second-order valence-corrected chi connectivity index (χ2v) is 3.77. The second-order valence-electron chi connectivity index (χ2n) is 3.77. The predicted molar refractivity (Wildman–Crippen MR) is 67.2 cm³/mol. The smallest absolute Gasteiger partial charge is 0.173 e. The summed E-state index contributed by atoms with van der Waals surface area (Å²) < 4.78 is 10.9. The van der Waals surface area contributed by atoms with Gasteiger partial charge in [0.25, 0.3) is 0 Å². The molecule has 1 aliphatic heterocycles. The Morgan fingerprint density at radius 1 is 1.06 bits per heavy atom. The van der Waals surface area contributed by atoms with Crippen LogP contribution in [0.15, 0.2) is 30.6 Å². The molecule has 0 amide bonds. The van der Waals surface area contributed by atoms with Crippen molar-refractivity contribution in [2.45, 2.75) is 0 Å². The molecule has 0 saturated carbocycles. The summed E-state index contributed by atoms with van der Waals surface area (Å²) in [5.74, 6) is 2.34. The van der Waals surface area contributed by atoms with E-state index in [1.165, 1.54) is 0 Å². The lowest BCUT2D eigenvalue weighted by Crippen LogP contribution is -2.15. The van der Waals surface area contributed by atoms with Gasteiger partial charge in [-0.2, -0.15) is 0 Å². The van der Waals surface area contributed by atoms with Crippen molar-refractivity contribution in [3.05, 3.63) is 30.6 Å². The van der Waals surface area contributed by atoms with Gasteiger partial charge in [0.05, 0.1) is 0 Å². The van der Waals surface area contributed by atoms with Crippen LogP contribution in [0, 0.1) is 0 Å². The first-order valence-corrected chi connectivity index (χ1v) is 5.56. The van der Waals surface area contributed by atoms with Gasteiger partial charge in [0.1, 0.15) is 13.2 Å². The summed E-state index contributed by atoms with van der Waals surface area (Å²) in [5.41, 5.74) is 6.54. The van der Waals surface area contributed by atoms with E-state index in [-0.39, 0.29) is 0 Å². The largest absolute Gasteiger partial charge is 0.486 e. The third-order valence-corrected chi connectivity index (χ3v) is 2.53. The molecule has 6 nitrogen and oxygen atoms in total. The van der Waals surface area contributed by atoms with Crippen molar-refractivity contribution in [2.24, 2.45) is 0 Å². The minimum Gasteiger partial charge on any atom is -0.486 e. The summed E-state index contributed by atoms with van der Waals surface area (Å²) in [5, 5.41) is 3.09. The molecule has 0 saturated heterocycles. The molecular weight excluding hydrogens is 232 g/mol. The van der Waals surface area contributed by atoms with Gasteiger partial charge in [-0.05, 0) is 12.1 Å². The minimum atomic E-state index is 0.354. The summed E-state index contributed by atoms with van der Waals surface area (Å²) >= 11 is 0. The van der Waals surface area contributed by atoms with E-state index in [4.69, 9.17) is 15.2 Å². The Hall–Kier alpha value is -2.50. The molecule has 3 rings (SSSR count). The molecule has 3 N–H and O–H groups in total. The van der Waals surface area contributed by atoms with E-state index in [2.05, 4.69) is 15.3 Å². The zero-order valence-electron chi connectivity index (χ0n) is 9.59. The number of nitrogen functional groups attached to an aromatic ring is 1. The zero-order valence-corrected chi connectivity index (χ0v) is 9.59. The standard InChI is InChI=1S/C12H12N4O2/c13-11-12(15-4-3-14-11)16-8-1-2-9-10(7-8)18-6-5-17-9/h1-4,7H,5-6H2,(H2,13,14)(H,15,16). The fourth-order valence-corrected chi connectivity index (χ4v) is 1.70. The summed E-state index contributed by atoms with van der Waals surface area (Å²) in [6, 6.07) is 5.58. The minimum absolute atomic E-state index is 0.354. The number of rotatable bonds is 2. The molecule has 1 aromatic carbocycles. The van der Waals surface area contributed by atoms with Crippen LogP contribution in [0.25, 0.3) is 0 Å². The Balaban J connectivity index is 1.87. The Morgan fingerprint density at radius 2 is 1.83 bits per heavy atom. The van der Waals surface area contributed by atoms with Crippen molar-refractivity contribution in [1.29, 1.82) is 0 Å². The van der Waals surface area contributed by atoms with E-state index in [1.54, 1.807) is 12.4 Å². The average Bonchev–Trinajstić information content (AvgIpc) is 2.41. The van der Waals surface area contributed by atoms with Crippen molar-refractivity contribution in [1.82, 2.24) is 9.97 Å². The molecule has 1 aromatic heterocycles. The number of benzene rings is 1. The van der Waals surface area contributed by atoms with Gasteiger partial charge in [-0.15, -0.1) is 0 Å². The van der Waals surface area contributed by atoms with Crippen molar-refractivity contribution in [3.8, 4) is 11.5 Å². The highest BCUT2D eigenvalue weighted by Crippen LogP contribution is 2.33. The molecule has 0 spiro atoms. The maximum absolute atomic E-state index is 5.71. The molecule has 0 atom stereocenters. The molecule has 18 heavy (non-hydrogen) atoms. The fraction of sp³-hybridized carbons (Fsp3) is 0.167. The number of nitrogens with one attached hydrogen (secondary N) is 1. The predicted octanol–water partition coefficient (Wildman–Crippen LogP) is 1.57. The van der Waals surface area contributed by atoms with Gasteiger partial charge < -0.3 is 20.5 Å². The quantitative estimate of drug-likeness (QED) is 0.834. The summed E-state index contributed by atoms with van der Waals surface area (Å²) in [7, 11) is 0. The first-order valence-electron chi connectivity index (χ1n) is 5.56. The fourth-order valence-electron chi connectivity index (χ4n) is 1.70. The number of nitrogens with zero attached hydrogens (tertiary/aromatic N) is 2. The lowest BCUT2D eigenvalue weighted by molar-refractivity contribution is 0.171. The molecule has 0 aliphatic carbocycles. The lowest BCUT2D eigenvalue weighted by atomic mass is 10.2. The normalized spacial score (nSPS) is 13.1. The molecule has 0 fully saturated rings. The highest BCUT2D eigenvalue weighted by Gasteiger charge is 2.12. The van der Waals surface area contributed by atoms with Crippen LogP contribution in [0.3, 0.4) is 0 Å². The Morgan fingerprint density at radius 3 is 2.67 bits per heavy atom. The Bertz CT molecular complexity index is 574. The van der Waals surface area contributed by atoms with Gasteiger partial charge in [-0.3, -0.25) is 0 Å². The monoisotopic (exact) mass is 244 g/mol. The van der Waals surface area contributed by atoms with E-state index in [9.17, 15) is 0 Å². The molecule has 0 unspecified atom stereocenters. The van der Waals surface area contributed by atoms with Crippen LogP contribution in [0.4, 0.5) is 17.3 Å². The van der Waals surface area contributed by atoms with Crippen molar-refractivity contribution in [3.63, 3.8) is 0 Å². The molecule has 0 bridgehead atoms. The second kappa shape index (κ2) is 4.40. The number of aromatic nitrogens is 2. The number of ether oxygens (including phenoxy) is 2. The molecular formula is C12H12N4O2. The third-order valence-electron chi connectivity index (χ3n) is 2.53. The van der Waals surface area contributed by atoms with Gasteiger partial charge >= 0.3 is 0 Å². The van der Waals surface area contributed by atoms with Gasteiger partial charge in [0, 0.05) is 24.1 Å². The number of fused-ring (bicyclic) bond motifs is 1. The molecule has 2 aromatic rings. The first kappa shape index (κ1) is 10.6. The van der Waals surface area contributed by atoms with E-state index in [0.717, 1.165) is 11.4 Å². The number of hydrogen-bond acceptors (Lipinski definition) is 6. The topological polar surface area (TPSA) is 82.3 Å². The van der Waals surface area contributed by atoms with Gasteiger partial charge in [-0.1, -0.05) is 0 Å². The first-order chi connectivity index (χ1) is 8.83. The molecule has 6 heteroatoms. The maximum atomic E-state index is 5.71. The van der Waals surface area contributed by atoms with Gasteiger partial charge in [-0.25, -0.2) is 9.97 Å². The van der Waals surface area contributed by atoms with Crippen molar-refractivity contribution < 1.29 is 9.47 Å². The third kappa shape index (κ3) is 2.00. The van der Waals surface area contributed by atoms with E-state index in [1.807, 2.05) is 18.2 Å². The van der Waals surface area contributed by atoms with E-state index in [0.29, 0.717) is 30.6 Å². The van der Waals surface area contributed by atoms with Gasteiger partial charge in [0.2, 0.25) is 0 Å². The summed E-state index contributed by atoms with van der Waals surface area (Å²) in [6.07, 6.45) is 3.13. The van der Waals surface area contributed by atoms with Gasteiger partial charge in [0.15, 0.2) is 23.1 Å². The lowest BCUT2D eigenvalue weighted by Gasteiger charge is -2.19. The van der Waals surface area contributed by atoms with Crippen LogP contribution < -0.4 is 20.5 Å². The molecule has 1 aliphatic rings. The Labute approximate surface area is 104 Å². The average molecular weight is 244 g/mol. The highest BCUT2D eigenvalue weighted by molar-refractivity contribution is 5.67. The van der Waals surface area contributed by atoms with E-state index < -0.39 is 0 Å². The van der Waals surface area contributed by atoms with E-state index >= 15 is 0 Å². The Kier molecular flexibility index (Phi) is 2.60. The molecule has 92 valence electrons. The van der Waals surface area contributed by atoms with Crippen LogP contribution in [0.1, 0.15) is 0 Å².